The molecule has 12 heavy (non-hydrogen) atoms. The van der Waals surface area contributed by atoms with E-state index in [1.807, 2.05) is 0 Å². The van der Waals surface area contributed by atoms with Crippen LogP contribution in [0.5, 0.6) is 0 Å². The maximum Gasteiger partial charge on any atom is 0.0155 e. The topological polar surface area (TPSA) is 3.24 Å². The molecule has 1 nitrogen and oxygen atoms in total. The second kappa shape index (κ2) is 2.25. The van der Waals surface area contributed by atoms with Gasteiger partial charge in [0.1, 0.15) is 0 Å². The molecule has 0 spiro atoms. The number of piperidine rings is 1. The van der Waals surface area contributed by atoms with Gasteiger partial charge in [-0.15, -0.1) is 0 Å². The molecule has 2 saturated heterocycles. The van der Waals surface area contributed by atoms with E-state index in [0.717, 1.165) is 29.7 Å². The minimum absolute atomic E-state index is 0.972. The zero-order chi connectivity index (χ0) is 8.29. The summed E-state index contributed by atoms with van der Waals surface area (Å²) in [6.45, 7) is 7.76. The number of fused-ring (bicyclic) bond motifs is 5. The van der Waals surface area contributed by atoms with E-state index in [-0.39, 0.29) is 0 Å². The van der Waals surface area contributed by atoms with Gasteiger partial charge in [-0.3, -0.25) is 4.90 Å². The molecular formula is C11H19N. The van der Waals surface area contributed by atoms with Gasteiger partial charge < -0.3 is 0 Å². The van der Waals surface area contributed by atoms with E-state index in [0.29, 0.717) is 0 Å². The highest BCUT2D eigenvalue weighted by Crippen LogP contribution is 2.51. The van der Waals surface area contributed by atoms with Crippen LogP contribution in [0.3, 0.4) is 0 Å². The van der Waals surface area contributed by atoms with Gasteiger partial charge in [0.05, 0.1) is 0 Å². The maximum absolute atomic E-state index is 2.77. The smallest absolute Gasteiger partial charge is 0.0155 e. The van der Waals surface area contributed by atoms with Gasteiger partial charge in [0.2, 0.25) is 0 Å². The Morgan fingerprint density at radius 1 is 1.25 bits per heavy atom. The number of nitrogens with zero attached hydrogens (tertiary/aromatic N) is 1. The third-order valence-corrected chi connectivity index (χ3v) is 4.80. The number of hydrogen-bond acceptors (Lipinski definition) is 1. The quantitative estimate of drug-likeness (QED) is 0.530. The van der Waals surface area contributed by atoms with Crippen LogP contribution in [-0.2, 0) is 0 Å². The van der Waals surface area contributed by atoms with Crippen molar-refractivity contribution in [2.75, 3.05) is 13.1 Å². The van der Waals surface area contributed by atoms with Crippen molar-refractivity contribution in [1.29, 1.82) is 0 Å². The van der Waals surface area contributed by atoms with Crippen LogP contribution < -0.4 is 0 Å². The van der Waals surface area contributed by atoms with Crippen LogP contribution >= 0.6 is 0 Å². The number of hydrogen-bond donors (Lipinski definition) is 0. The highest BCUT2D eigenvalue weighted by Gasteiger charge is 2.52. The Morgan fingerprint density at radius 3 is 2.83 bits per heavy atom. The molecule has 0 radical (unpaired) electrons. The summed E-state index contributed by atoms with van der Waals surface area (Å²) in [4.78, 5) is 2.77. The highest BCUT2D eigenvalue weighted by molar-refractivity contribution is 5.05. The Hall–Kier alpha value is -0.0400. The molecule has 2 heterocycles. The fraction of sp³-hybridized carbons (Fsp3) is 1.00. The summed E-state index contributed by atoms with van der Waals surface area (Å²) >= 11 is 0. The van der Waals surface area contributed by atoms with Gasteiger partial charge in [0.15, 0.2) is 0 Å². The molecule has 0 aromatic heterocycles. The van der Waals surface area contributed by atoms with Gasteiger partial charge in [-0.1, -0.05) is 13.8 Å². The average molecular weight is 165 g/mol. The molecule has 3 aliphatic rings. The minimum atomic E-state index is 0.972. The Morgan fingerprint density at radius 2 is 2.08 bits per heavy atom. The summed E-state index contributed by atoms with van der Waals surface area (Å²) in [7, 11) is 0. The average Bonchev–Trinajstić information content (AvgIpc) is 2.66. The van der Waals surface area contributed by atoms with Crippen LogP contribution in [-0.4, -0.2) is 24.0 Å². The van der Waals surface area contributed by atoms with Crippen LogP contribution in [0.4, 0.5) is 0 Å². The van der Waals surface area contributed by atoms with Crippen LogP contribution in [0.1, 0.15) is 26.7 Å². The van der Waals surface area contributed by atoms with Gasteiger partial charge in [-0.25, -0.2) is 0 Å². The lowest BCUT2D eigenvalue weighted by Gasteiger charge is -2.29. The second-order valence-corrected chi connectivity index (χ2v) is 5.27. The van der Waals surface area contributed by atoms with Gasteiger partial charge in [-0.2, -0.15) is 0 Å². The first-order chi connectivity index (χ1) is 5.77. The normalized spacial score (nSPS) is 62.5. The summed E-state index contributed by atoms with van der Waals surface area (Å²) in [5.74, 6) is 4.13. The van der Waals surface area contributed by atoms with Crippen molar-refractivity contribution < 1.29 is 0 Å². The summed E-state index contributed by atoms with van der Waals surface area (Å²) in [5.41, 5.74) is 0. The third-order valence-electron chi connectivity index (χ3n) is 4.80. The van der Waals surface area contributed by atoms with Crippen molar-refractivity contribution in [1.82, 2.24) is 4.90 Å². The van der Waals surface area contributed by atoms with Crippen LogP contribution in [0.15, 0.2) is 0 Å². The van der Waals surface area contributed by atoms with Crippen LogP contribution in [0.25, 0.3) is 0 Å². The van der Waals surface area contributed by atoms with E-state index < -0.39 is 0 Å². The number of rotatable bonds is 0. The Bertz CT molecular complexity index is 199. The SMILES string of the molecule is CC1CC2C3CCN(C3)C2C1C. The Balaban J connectivity index is 1.90. The molecule has 3 fully saturated rings. The van der Waals surface area contributed by atoms with Crippen molar-refractivity contribution in [3.05, 3.63) is 0 Å². The van der Waals surface area contributed by atoms with Crippen LogP contribution in [0, 0.1) is 23.7 Å². The fourth-order valence-corrected chi connectivity index (χ4v) is 4.02. The predicted octanol–water partition coefficient (Wildman–Crippen LogP) is 1.98. The lowest BCUT2D eigenvalue weighted by molar-refractivity contribution is 0.183. The van der Waals surface area contributed by atoms with E-state index in [4.69, 9.17) is 0 Å². The molecule has 0 N–H and O–H groups in total. The summed E-state index contributed by atoms with van der Waals surface area (Å²) in [6, 6.07) is 0.985. The van der Waals surface area contributed by atoms with Gasteiger partial charge in [0, 0.05) is 12.6 Å². The Kier molecular flexibility index (Phi) is 1.39. The molecule has 6 unspecified atom stereocenters. The molecule has 2 aliphatic heterocycles. The molecule has 1 aliphatic carbocycles. The lowest BCUT2D eigenvalue weighted by Crippen LogP contribution is -2.36. The molecule has 2 bridgehead atoms. The first-order valence-electron chi connectivity index (χ1n) is 5.51. The largest absolute Gasteiger partial charge is 0.300 e. The summed E-state index contributed by atoms with van der Waals surface area (Å²) in [6.07, 6.45) is 3.02. The molecular weight excluding hydrogens is 146 g/mol. The van der Waals surface area contributed by atoms with Gasteiger partial charge in [0.25, 0.3) is 0 Å². The van der Waals surface area contributed by atoms with Crippen molar-refractivity contribution in [3.8, 4) is 0 Å². The predicted molar refractivity (Wildman–Crippen MR) is 49.9 cm³/mol. The molecule has 0 amide bonds. The lowest BCUT2D eigenvalue weighted by atomic mass is 9.87. The maximum atomic E-state index is 2.77. The summed E-state index contributed by atoms with van der Waals surface area (Å²) < 4.78 is 0. The molecule has 1 saturated carbocycles. The standard InChI is InChI=1S/C11H19N/c1-7-5-10-9-3-4-12(6-9)11(10)8(7)2/h7-11H,3-6H2,1-2H3. The molecule has 0 aromatic rings. The van der Waals surface area contributed by atoms with Crippen LogP contribution in [0.2, 0.25) is 0 Å². The highest BCUT2D eigenvalue weighted by atomic mass is 15.2. The summed E-state index contributed by atoms with van der Waals surface area (Å²) in [5, 5.41) is 0. The van der Waals surface area contributed by atoms with Gasteiger partial charge >= 0.3 is 0 Å². The van der Waals surface area contributed by atoms with Crippen molar-refractivity contribution in [3.63, 3.8) is 0 Å². The van der Waals surface area contributed by atoms with E-state index in [9.17, 15) is 0 Å². The molecule has 0 aromatic carbocycles. The molecule has 3 rings (SSSR count). The first kappa shape index (κ1) is 7.37. The fourth-order valence-electron chi connectivity index (χ4n) is 4.02. The van der Waals surface area contributed by atoms with E-state index >= 15 is 0 Å². The van der Waals surface area contributed by atoms with Crippen molar-refractivity contribution >= 4 is 0 Å². The van der Waals surface area contributed by atoms with Crippen molar-refractivity contribution in [2.45, 2.75) is 32.7 Å². The molecule has 6 atom stereocenters. The molecule has 68 valence electrons. The van der Waals surface area contributed by atoms with E-state index in [1.54, 1.807) is 0 Å². The zero-order valence-electron chi connectivity index (χ0n) is 8.16. The zero-order valence-corrected chi connectivity index (χ0v) is 8.16. The first-order valence-corrected chi connectivity index (χ1v) is 5.51. The monoisotopic (exact) mass is 165 g/mol. The third kappa shape index (κ3) is 0.736. The van der Waals surface area contributed by atoms with Crippen molar-refractivity contribution in [2.24, 2.45) is 23.7 Å². The van der Waals surface area contributed by atoms with E-state index in [1.165, 1.54) is 25.9 Å². The van der Waals surface area contributed by atoms with E-state index in [2.05, 4.69) is 18.7 Å². The Labute approximate surface area is 75.1 Å². The molecule has 1 heteroatoms. The minimum Gasteiger partial charge on any atom is -0.300 e. The van der Waals surface area contributed by atoms with Gasteiger partial charge in [-0.05, 0) is 43.1 Å². The second-order valence-electron chi connectivity index (χ2n) is 5.27.